The SMILES string of the molecule is CCC.CNCCO.NOCOC(=O)C1=Cc2cc(Br)cc(C(O)(O)O)c2OC1C(F)(F)F.[NH3+]O. The van der Waals surface area contributed by atoms with Gasteiger partial charge < -0.3 is 35.2 Å². The van der Waals surface area contributed by atoms with Crippen molar-refractivity contribution in [2.45, 2.75) is 38.5 Å². The number of ether oxygens (including phenoxy) is 2. The molecule has 1 aliphatic heterocycles. The monoisotopic (exact) mass is 582 g/mol. The summed E-state index contributed by atoms with van der Waals surface area (Å²) in [4.78, 5) is 15.8. The highest BCUT2D eigenvalue weighted by atomic mass is 79.9. The fourth-order valence-corrected chi connectivity index (χ4v) is 2.69. The maximum atomic E-state index is 13.2. The molecule has 2 rings (SSSR count). The van der Waals surface area contributed by atoms with Gasteiger partial charge in [0.25, 0.3) is 0 Å². The van der Waals surface area contributed by atoms with Crippen LogP contribution in [0.25, 0.3) is 6.08 Å². The molecule has 0 aromatic heterocycles. The zero-order valence-electron chi connectivity index (χ0n) is 19.3. The summed E-state index contributed by atoms with van der Waals surface area (Å²) in [6, 6.07) is 2.19. The topological polar surface area (TPSA) is 212 Å². The van der Waals surface area contributed by atoms with Gasteiger partial charge in [-0.3, -0.25) is 4.84 Å². The van der Waals surface area contributed by atoms with Crippen molar-refractivity contribution in [1.29, 1.82) is 0 Å². The van der Waals surface area contributed by atoms with Crippen molar-refractivity contribution in [2.24, 2.45) is 5.90 Å². The highest BCUT2D eigenvalue weighted by Gasteiger charge is 2.50. The van der Waals surface area contributed by atoms with E-state index in [4.69, 9.17) is 15.1 Å². The van der Waals surface area contributed by atoms with Crippen LogP contribution in [0.5, 0.6) is 5.75 Å². The Bertz CT molecular complexity index is 789. The third-order valence-electron chi connectivity index (χ3n) is 3.43. The maximum absolute atomic E-state index is 13.2. The lowest BCUT2D eigenvalue weighted by Gasteiger charge is -2.30. The second-order valence-corrected chi connectivity index (χ2v) is 7.31. The molecule has 1 heterocycles. The average Bonchev–Trinajstić information content (AvgIpc) is 2.77. The van der Waals surface area contributed by atoms with Crippen LogP contribution in [-0.2, 0) is 20.3 Å². The summed E-state index contributed by atoms with van der Waals surface area (Å²) in [6.45, 7) is 4.39. The molecule has 0 bridgehead atoms. The van der Waals surface area contributed by atoms with Gasteiger partial charge >= 0.3 is 18.1 Å². The van der Waals surface area contributed by atoms with Crippen molar-refractivity contribution in [2.75, 3.05) is 27.0 Å². The van der Waals surface area contributed by atoms with Gasteiger partial charge in [-0.05, 0) is 25.3 Å². The number of aliphatic hydroxyl groups is 4. The number of esters is 1. The van der Waals surface area contributed by atoms with E-state index in [9.17, 15) is 33.3 Å². The third kappa shape index (κ3) is 12.6. The van der Waals surface area contributed by atoms with Gasteiger partial charge in [-0.25, -0.2) is 21.8 Å². The molecule has 1 aromatic carbocycles. The van der Waals surface area contributed by atoms with E-state index in [0.29, 0.717) is 6.54 Å². The normalized spacial score (nSPS) is 14.3. The number of hydrogen-bond acceptors (Lipinski definition) is 11. The minimum atomic E-state index is -5.04. The van der Waals surface area contributed by atoms with E-state index in [1.165, 1.54) is 12.5 Å². The molecule has 0 radical (unpaired) electrons. The van der Waals surface area contributed by atoms with Crippen molar-refractivity contribution in [1.82, 2.24) is 5.32 Å². The molecule has 0 amide bonds. The molecule has 0 fully saturated rings. The Kier molecular flexibility index (Phi) is 17.7. The predicted molar refractivity (Wildman–Crippen MR) is 119 cm³/mol. The smallest absolute Gasteiger partial charge is 0.430 e. The Morgan fingerprint density at radius 2 is 1.80 bits per heavy atom. The first-order chi connectivity index (χ1) is 16.3. The lowest BCUT2D eigenvalue weighted by molar-refractivity contribution is -0.670. The van der Waals surface area contributed by atoms with E-state index >= 15 is 0 Å². The van der Waals surface area contributed by atoms with Gasteiger partial charge in [0.1, 0.15) is 5.75 Å². The molecule has 35 heavy (non-hydrogen) atoms. The fraction of sp³-hybridized carbons (Fsp3) is 0.526. The van der Waals surface area contributed by atoms with Crippen LogP contribution in [0.3, 0.4) is 0 Å². The first-order valence-corrected chi connectivity index (χ1v) is 10.6. The fourth-order valence-electron chi connectivity index (χ4n) is 2.22. The van der Waals surface area contributed by atoms with Gasteiger partial charge in [-0.15, -0.1) is 0 Å². The molecule has 1 aromatic rings. The number of carbonyl (C=O) groups is 1. The summed E-state index contributed by atoms with van der Waals surface area (Å²) in [5.41, 5.74) is -1.80. The summed E-state index contributed by atoms with van der Waals surface area (Å²) in [5, 5.41) is 45.5. The Morgan fingerprint density at radius 1 is 1.26 bits per heavy atom. The number of likely N-dealkylation sites (N-methyl/N-ethyl adjacent to an activating group) is 1. The number of alkyl halides is 3. The van der Waals surface area contributed by atoms with Gasteiger partial charge in [0, 0.05) is 16.6 Å². The third-order valence-corrected chi connectivity index (χ3v) is 3.88. The molecule has 16 heteroatoms. The largest absolute Gasteiger partial charge is 0.475 e. The molecule has 1 atom stereocenters. The zero-order valence-corrected chi connectivity index (χ0v) is 20.9. The number of nitrogens with two attached hydrogens (primary N) is 1. The van der Waals surface area contributed by atoms with Gasteiger partial charge in [0.15, 0.2) is 0 Å². The van der Waals surface area contributed by atoms with Gasteiger partial charge in [0.2, 0.25) is 12.9 Å². The molecule has 0 spiro atoms. The Morgan fingerprint density at radius 3 is 2.17 bits per heavy atom. The van der Waals surface area contributed by atoms with Crippen LogP contribution in [-0.4, -0.2) is 70.9 Å². The minimum absolute atomic E-state index is 0.132. The molecule has 12 nitrogen and oxygen atoms in total. The van der Waals surface area contributed by atoms with Crippen LogP contribution in [0, 0.1) is 0 Å². The van der Waals surface area contributed by atoms with E-state index in [1.807, 2.05) is 0 Å². The van der Waals surface area contributed by atoms with Gasteiger partial charge in [-0.1, -0.05) is 36.2 Å². The molecule has 0 saturated carbocycles. The summed E-state index contributed by atoms with van der Waals surface area (Å²) >= 11 is 2.99. The van der Waals surface area contributed by atoms with E-state index in [2.05, 4.69) is 56.5 Å². The lowest BCUT2D eigenvalue weighted by atomic mass is 9.98. The highest BCUT2D eigenvalue weighted by molar-refractivity contribution is 9.10. The standard InChI is InChI=1S/C13H11BrF3NO7.C3H9NO.C3H8.H4NO/c14-6-1-5-2-7(11(19)23-4-24-18)10(12(15,16)17)25-9(5)8(3-6)13(20,21)22;1-4-2-3-5;1-3-2;1-2/h1-3,10,20-22H,4,18H2;4-5H,2-3H2,1H3;3H2,1-2H3;2H,1H3/q;;;+1. The van der Waals surface area contributed by atoms with Crippen molar-refractivity contribution in [3.8, 4) is 5.75 Å². The Hall–Kier alpha value is -1.86. The molecule has 0 aliphatic carbocycles. The van der Waals surface area contributed by atoms with Crippen molar-refractivity contribution in [3.05, 3.63) is 33.3 Å². The molecule has 1 aliphatic rings. The second kappa shape index (κ2) is 17.6. The number of rotatable bonds is 6. The summed E-state index contributed by atoms with van der Waals surface area (Å²) < 4.78 is 49.1. The number of quaternary nitrogens is 1. The van der Waals surface area contributed by atoms with Gasteiger partial charge in [-0.2, -0.15) is 13.2 Å². The van der Waals surface area contributed by atoms with Gasteiger partial charge in [0.05, 0.1) is 17.7 Å². The second-order valence-electron chi connectivity index (χ2n) is 6.40. The molecule has 11 N–H and O–H groups in total. The summed E-state index contributed by atoms with van der Waals surface area (Å²) in [6.07, 6.45) is -5.78. The zero-order chi connectivity index (χ0) is 27.8. The predicted octanol–water partition coefficient (Wildman–Crippen LogP) is -0.134. The number of fused-ring (bicyclic) bond motifs is 1. The molecule has 1 unspecified atom stereocenters. The number of aliphatic hydroxyl groups excluding tert-OH is 1. The number of halogens is 4. The van der Waals surface area contributed by atoms with Crippen molar-refractivity contribution in [3.63, 3.8) is 0 Å². The van der Waals surface area contributed by atoms with E-state index < -0.39 is 47.9 Å². The van der Waals surface area contributed by atoms with Crippen molar-refractivity contribution < 1.29 is 63.8 Å². The first kappa shape index (κ1) is 35.3. The number of nitrogens with one attached hydrogen (secondary N) is 1. The van der Waals surface area contributed by atoms with Crippen LogP contribution in [0.4, 0.5) is 13.2 Å². The molecule has 204 valence electrons. The average molecular weight is 583 g/mol. The first-order valence-electron chi connectivity index (χ1n) is 9.80. The van der Waals surface area contributed by atoms with Crippen LogP contribution < -0.4 is 21.8 Å². The Labute approximate surface area is 207 Å². The van der Waals surface area contributed by atoms with Crippen LogP contribution >= 0.6 is 15.9 Å². The molecular weight excluding hydrogens is 551 g/mol. The van der Waals surface area contributed by atoms with E-state index in [0.717, 1.165) is 12.1 Å². The van der Waals surface area contributed by atoms with Crippen molar-refractivity contribution >= 4 is 28.0 Å². The van der Waals surface area contributed by atoms with E-state index in [1.54, 1.807) is 7.05 Å². The minimum Gasteiger partial charge on any atom is -0.475 e. The highest BCUT2D eigenvalue weighted by Crippen LogP contribution is 2.42. The summed E-state index contributed by atoms with van der Waals surface area (Å²) in [5.74, 6) is 1.37. The molecule has 0 saturated heterocycles. The van der Waals surface area contributed by atoms with E-state index in [-0.39, 0.29) is 16.6 Å². The summed E-state index contributed by atoms with van der Waals surface area (Å²) in [7, 11) is 1.80. The Balaban J connectivity index is 0. The van der Waals surface area contributed by atoms with Crippen LogP contribution in [0.1, 0.15) is 31.4 Å². The number of hydrogen-bond donors (Lipinski definition) is 8. The maximum Gasteiger partial charge on any atom is 0.430 e. The number of benzene rings is 1. The van der Waals surface area contributed by atoms with Crippen LogP contribution in [0.15, 0.2) is 22.2 Å². The lowest BCUT2D eigenvalue weighted by Crippen LogP contribution is -2.42. The molecular formula is C19H32BrF3N3O9+. The quantitative estimate of drug-likeness (QED) is 0.126. The number of carbonyl (C=O) groups excluding carboxylic acids is 1. The van der Waals surface area contributed by atoms with Crippen LogP contribution in [0.2, 0.25) is 0 Å².